The first-order valence-electron chi connectivity index (χ1n) is 6.63. The number of aliphatic carboxylic acids is 1. The average Bonchev–Trinajstić information content (AvgIpc) is 2.46. The zero-order chi connectivity index (χ0) is 13.7. The quantitative estimate of drug-likeness (QED) is 0.826. The smallest absolute Gasteiger partial charge is 0.307 e. The van der Waals surface area contributed by atoms with Crippen LogP contribution in [0.15, 0.2) is 42.5 Å². The Labute approximate surface area is 113 Å². The topological polar surface area (TPSA) is 54.4 Å². The molecule has 0 fully saturated rings. The zero-order valence-corrected chi connectivity index (χ0v) is 10.8. The Kier molecular flexibility index (Phi) is 4.50. The first kappa shape index (κ1) is 13.5. The summed E-state index contributed by atoms with van der Waals surface area (Å²) in [4.78, 5) is 23.3. The summed E-state index contributed by atoms with van der Waals surface area (Å²) in [5.74, 6) is -1.69. The molecule has 1 aromatic carbocycles. The Hall–Kier alpha value is -1.90. The first-order valence-corrected chi connectivity index (χ1v) is 6.63. The van der Waals surface area contributed by atoms with Gasteiger partial charge in [-0.25, -0.2) is 0 Å². The van der Waals surface area contributed by atoms with Crippen LogP contribution in [-0.2, 0) is 16.0 Å². The van der Waals surface area contributed by atoms with Crippen LogP contribution < -0.4 is 0 Å². The van der Waals surface area contributed by atoms with Crippen molar-refractivity contribution in [3.05, 3.63) is 48.0 Å². The molecule has 100 valence electrons. The molecule has 0 amide bonds. The van der Waals surface area contributed by atoms with E-state index >= 15 is 0 Å². The van der Waals surface area contributed by atoms with Crippen molar-refractivity contribution in [3.63, 3.8) is 0 Å². The van der Waals surface area contributed by atoms with Crippen molar-refractivity contribution in [2.24, 2.45) is 11.8 Å². The highest BCUT2D eigenvalue weighted by Crippen LogP contribution is 2.28. The normalized spacial score (nSPS) is 22.1. The Morgan fingerprint density at radius 3 is 2.32 bits per heavy atom. The molecule has 1 aromatic rings. The van der Waals surface area contributed by atoms with E-state index in [-0.39, 0.29) is 11.7 Å². The van der Waals surface area contributed by atoms with E-state index in [1.807, 2.05) is 42.5 Å². The van der Waals surface area contributed by atoms with Gasteiger partial charge in [-0.15, -0.1) is 0 Å². The fourth-order valence-corrected chi connectivity index (χ4v) is 2.54. The molecule has 3 heteroatoms. The van der Waals surface area contributed by atoms with Gasteiger partial charge in [-0.1, -0.05) is 42.5 Å². The number of carbonyl (C=O) groups is 2. The molecule has 0 aromatic heterocycles. The second-order valence-electron chi connectivity index (χ2n) is 4.95. The number of Topliss-reactive ketones (excluding diaryl/α,β-unsaturated/α-hetero) is 1. The molecular formula is C16H18O3. The van der Waals surface area contributed by atoms with E-state index in [1.165, 1.54) is 0 Å². The maximum Gasteiger partial charge on any atom is 0.307 e. The molecule has 1 N–H and O–H groups in total. The minimum atomic E-state index is -0.859. The number of aryl methyl sites for hydroxylation is 1. The summed E-state index contributed by atoms with van der Waals surface area (Å²) < 4.78 is 0. The van der Waals surface area contributed by atoms with Crippen LogP contribution in [0, 0.1) is 11.8 Å². The summed E-state index contributed by atoms with van der Waals surface area (Å²) in [6.45, 7) is 0. The van der Waals surface area contributed by atoms with E-state index in [9.17, 15) is 9.59 Å². The average molecular weight is 258 g/mol. The van der Waals surface area contributed by atoms with Gasteiger partial charge in [-0.05, 0) is 24.8 Å². The predicted octanol–water partition coefficient (Wildman–Crippen LogP) is 2.86. The minimum Gasteiger partial charge on any atom is -0.481 e. The molecule has 2 rings (SSSR count). The van der Waals surface area contributed by atoms with Gasteiger partial charge in [0.25, 0.3) is 0 Å². The van der Waals surface area contributed by atoms with Crippen molar-refractivity contribution in [2.75, 3.05) is 0 Å². The second kappa shape index (κ2) is 6.32. The Balaban J connectivity index is 1.95. The number of benzene rings is 1. The van der Waals surface area contributed by atoms with Gasteiger partial charge in [0, 0.05) is 12.3 Å². The number of carbonyl (C=O) groups excluding carboxylic acids is 1. The third-order valence-electron chi connectivity index (χ3n) is 3.67. The van der Waals surface area contributed by atoms with Crippen LogP contribution in [0.3, 0.4) is 0 Å². The standard InChI is InChI=1S/C16H18O3/c17-15(11-10-12-6-2-1-3-7-12)13-8-4-5-9-14(13)16(18)19/h1-7,13-14H,8-11H2,(H,18,19). The van der Waals surface area contributed by atoms with Gasteiger partial charge in [0.2, 0.25) is 0 Å². The molecule has 0 saturated heterocycles. The number of ketones is 1. The van der Waals surface area contributed by atoms with E-state index in [2.05, 4.69) is 0 Å². The van der Waals surface area contributed by atoms with Gasteiger partial charge < -0.3 is 5.11 Å². The SMILES string of the molecule is O=C(O)C1CC=CCC1C(=O)CCc1ccccc1. The van der Waals surface area contributed by atoms with Gasteiger partial charge >= 0.3 is 5.97 Å². The maximum absolute atomic E-state index is 12.2. The lowest BCUT2D eigenvalue weighted by Crippen LogP contribution is -2.31. The number of rotatable bonds is 5. The summed E-state index contributed by atoms with van der Waals surface area (Å²) in [5.41, 5.74) is 1.12. The molecule has 19 heavy (non-hydrogen) atoms. The summed E-state index contributed by atoms with van der Waals surface area (Å²) in [6.07, 6.45) is 5.92. The van der Waals surface area contributed by atoms with Crippen molar-refractivity contribution >= 4 is 11.8 Å². The summed E-state index contributed by atoms with van der Waals surface area (Å²) in [6, 6.07) is 9.82. The van der Waals surface area contributed by atoms with Crippen LogP contribution in [0.4, 0.5) is 0 Å². The van der Waals surface area contributed by atoms with E-state index in [0.29, 0.717) is 25.7 Å². The van der Waals surface area contributed by atoms with Gasteiger partial charge in [0.15, 0.2) is 0 Å². The number of carboxylic acids is 1. The van der Waals surface area contributed by atoms with E-state index in [1.54, 1.807) is 0 Å². The van der Waals surface area contributed by atoms with E-state index in [0.717, 1.165) is 5.56 Å². The van der Waals surface area contributed by atoms with Crippen molar-refractivity contribution < 1.29 is 14.7 Å². The fourth-order valence-electron chi connectivity index (χ4n) is 2.54. The lowest BCUT2D eigenvalue weighted by atomic mass is 9.79. The van der Waals surface area contributed by atoms with Crippen molar-refractivity contribution in [1.82, 2.24) is 0 Å². The van der Waals surface area contributed by atoms with Gasteiger partial charge in [-0.2, -0.15) is 0 Å². The second-order valence-corrected chi connectivity index (χ2v) is 4.95. The third kappa shape index (κ3) is 3.53. The van der Waals surface area contributed by atoms with Gasteiger partial charge in [0.1, 0.15) is 5.78 Å². The molecule has 2 atom stereocenters. The van der Waals surface area contributed by atoms with Crippen LogP contribution in [0.25, 0.3) is 0 Å². The molecule has 0 bridgehead atoms. The first-order chi connectivity index (χ1) is 9.18. The summed E-state index contributed by atoms with van der Waals surface area (Å²) in [7, 11) is 0. The van der Waals surface area contributed by atoms with Crippen molar-refractivity contribution in [2.45, 2.75) is 25.7 Å². The molecule has 0 spiro atoms. The molecular weight excluding hydrogens is 240 g/mol. The van der Waals surface area contributed by atoms with Crippen LogP contribution >= 0.6 is 0 Å². The summed E-state index contributed by atoms with van der Waals surface area (Å²) >= 11 is 0. The molecule has 3 nitrogen and oxygen atoms in total. The summed E-state index contributed by atoms with van der Waals surface area (Å²) in [5, 5.41) is 9.16. The largest absolute Gasteiger partial charge is 0.481 e. The highest BCUT2D eigenvalue weighted by Gasteiger charge is 2.33. The van der Waals surface area contributed by atoms with Crippen LogP contribution in [0.1, 0.15) is 24.8 Å². The Bertz CT molecular complexity index is 476. The molecule has 1 aliphatic carbocycles. The minimum absolute atomic E-state index is 0.0700. The lowest BCUT2D eigenvalue weighted by Gasteiger charge is -2.23. The molecule has 2 unspecified atom stereocenters. The maximum atomic E-state index is 12.2. The van der Waals surface area contributed by atoms with Crippen LogP contribution in [0.2, 0.25) is 0 Å². The van der Waals surface area contributed by atoms with Gasteiger partial charge in [0.05, 0.1) is 5.92 Å². The Morgan fingerprint density at radius 2 is 1.68 bits per heavy atom. The van der Waals surface area contributed by atoms with Crippen molar-refractivity contribution in [3.8, 4) is 0 Å². The van der Waals surface area contributed by atoms with Crippen molar-refractivity contribution in [1.29, 1.82) is 0 Å². The number of carboxylic acid groups (broad SMARTS) is 1. The highest BCUT2D eigenvalue weighted by molar-refractivity contribution is 5.87. The van der Waals surface area contributed by atoms with E-state index < -0.39 is 11.9 Å². The van der Waals surface area contributed by atoms with E-state index in [4.69, 9.17) is 5.11 Å². The molecule has 0 saturated carbocycles. The molecule has 0 radical (unpaired) electrons. The number of hydrogen-bond donors (Lipinski definition) is 1. The van der Waals surface area contributed by atoms with Gasteiger partial charge in [-0.3, -0.25) is 9.59 Å². The van der Waals surface area contributed by atoms with Crippen LogP contribution in [0.5, 0.6) is 0 Å². The molecule has 1 aliphatic rings. The number of allylic oxidation sites excluding steroid dienone is 2. The monoisotopic (exact) mass is 258 g/mol. The predicted molar refractivity (Wildman–Crippen MR) is 72.8 cm³/mol. The third-order valence-corrected chi connectivity index (χ3v) is 3.67. The number of hydrogen-bond acceptors (Lipinski definition) is 2. The lowest BCUT2D eigenvalue weighted by molar-refractivity contribution is -0.146. The molecule has 0 heterocycles. The highest BCUT2D eigenvalue weighted by atomic mass is 16.4. The zero-order valence-electron chi connectivity index (χ0n) is 10.8. The fraction of sp³-hybridized carbons (Fsp3) is 0.375. The molecule has 0 aliphatic heterocycles. The van der Waals surface area contributed by atoms with Crippen LogP contribution in [-0.4, -0.2) is 16.9 Å². The Morgan fingerprint density at radius 1 is 1.05 bits per heavy atom.